The molecule has 0 aliphatic carbocycles. The van der Waals surface area contributed by atoms with Crippen LogP contribution in [-0.4, -0.2) is 27.1 Å². The van der Waals surface area contributed by atoms with Crippen molar-refractivity contribution in [1.29, 1.82) is 0 Å². The average molecular weight is 260 g/mol. The second kappa shape index (κ2) is 4.85. The number of hydrogen-bond donors (Lipinski definition) is 4. The van der Waals surface area contributed by atoms with E-state index in [1.165, 1.54) is 18.2 Å². The lowest BCUT2D eigenvalue weighted by molar-refractivity contribution is 0.0692. The largest absolute Gasteiger partial charge is 0.507 e. The van der Waals surface area contributed by atoms with Gasteiger partial charge < -0.3 is 20.5 Å². The quantitative estimate of drug-likeness (QED) is 0.677. The summed E-state index contributed by atoms with van der Waals surface area (Å²) in [6.45, 7) is 1.68. The molecule has 0 aliphatic heterocycles. The number of aromatic nitrogens is 1. The number of anilines is 1. The van der Waals surface area contributed by atoms with Crippen molar-refractivity contribution in [2.75, 3.05) is 5.32 Å². The van der Waals surface area contributed by atoms with Gasteiger partial charge in [-0.2, -0.15) is 0 Å². The monoisotopic (exact) mass is 260 g/mol. The van der Waals surface area contributed by atoms with E-state index in [0.717, 1.165) is 0 Å². The lowest BCUT2D eigenvalue weighted by Crippen LogP contribution is -2.14. The van der Waals surface area contributed by atoms with E-state index in [1.54, 1.807) is 19.1 Å². The number of carboxylic acid groups (broad SMARTS) is 1. The minimum absolute atomic E-state index is 0.0812. The van der Waals surface area contributed by atoms with E-state index < -0.39 is 11.9 Å². The molecular weight excluding hydrogens is 248 g/mol. The van der Waals surface area contributed by atoms with Gasteiger partial charge >= 0.3 is 5.97 Å². The predicted octanol–water partition coefficient (Wildman–Crippen LogP) is 1.98. The molecule has 98 valence electrons. The fourth-order valence-corrected chi connectivity index (χ4v) is 1.71. The van der Waals surface area contributed by atoms with E-state index in [9.17, 15) is 14.7 Å². The van der Waals surface area contributed by atoms with Gasteiger partial charge in [-0.25, -0.2) is 4.79 Å². The smallest absolute Gasteiger partial charge is 0.354 e. The first-order chi connectivity index (χ1) is 8.99. The number of aromatic carboxylic acids is 1. The number of carboxylic acids is 1. The first kappa shape index (κ1) is 12.7. The Kier molecular flexibility index (Phi) is 3.24. The fourth-order valence-electron chi connectivity index (χ4n) is 1.71. The van der Waals surface area contributed by atoms with Crippen molar-refractivity contribution in [3.63, 3.8) is 0 Å². The molecule has 1 aromatic carbocycles. The summed E-state index contributed by atoms with van der Waals surface area (Å²) in [4.78, 5) is 25.6. The topological polar surface area (TPSA) is 102 Å². The van der Waals surface area contributed by atoms with E-state index in [2.05, 4.69) is 10.3 Å². The van der Waals surface area contributed by atoms with E-state index in [0.29, 0.717) is 5.69 Å². The molecule has 0 aliphatic rings. The molecule has 2 rings (SSSR count). The molecule has 6 nitrogen and oxygen atoms in total. The second-order valence-corrected chi connectivity index (χ2v) is 4.02. The van der Waals surface area contributed by atoms with Crippen molar-refractivity contribution in [2.24, 2.45) is 0 Å². The van der Waals surface area contributed by atoms with Crippen LogP contribution >= 0.6 is 0 Å². The highest BCUT2D eigenvalue weighted by atomic mass is 16.4. The van der Waals surface area contributed by atoms with Crippen molar-refractivity contribution in [3.8, 4) is 5.75 Å². The molecule has 0 spiro atoms. The van der Waals surface area contributed by atoms with Crippen LogP contribution in [0.2, 0.25) is 0 Å². The van der Waals surface area contributed by atoms with Crippen LogP contribution in [0.1, 0.15) is 26.5 Å². The molecule has 0 saturated carbocycles. The number of aromatic hydroxyl groups is 1. The summed E-state index contributed by atoms with van der Waals surface area (Å²) in [5, 5.41) is 21.0. The molecule has 4 N–H and O–H groups in total. The summed E-state index contributed by atoms with van der Waals surface area (Å²) in [5.74, 6) is -1.90. The molecule has 0 unspecified atom stereocenters. The summed E-state index contributed by atoms with van der Waals surface area (Å²) >= 11 is 0. The number of para-hydroxylation sites is 1. The zero-order chi connectivity index (χ0) is 14.0. The number of amides is 1. The van der Waals surface area contributed by atoms with Crippen LogP contribution in [0.4, 0.5) is 5.69 Å². The van der Waals surface area contributed by atoms with Crippen molar-refractivity contribution in [1.82, 2.24) is 4.98 Å². The Morgan fingerprint density at radius 2 is 1.95 bits per heavy atom. The molecule has 2 aromatic rings. The number of aromatic amines is 1. The summed E-state index contributed by atoms with van der Waals surface area (Å²) in [5.41, 5.74) is 0.766. The van der Waals surface area contributed by atoms with Gasteiger partial charge in [0.25, 0.3) is 5.91 Å². The van der Waals surface area contributed by atoms with E-state index in [-0.39, 0.29) is 22.7 Å². The van der Waals surface area contributed by atoms with Crippen molar-refractivity contribution >= 4 is 17.6 Å². The lowest BCUT2D eigenvalue weighted by Gasteiger charge is -2.05. The van der Waals surface area contributed by atoms with Crippen LogP contribution in [0.25, 0.3) is 0 Å². The summed E-state index contributed by atoms with van der Waals surface area (Å²) in [6.07, 6.45) is 0. The SMILES string of the molecule is Cc1cc(NC(=O)c2ccccc2O)c(C(=O)O)[nH]1. The van der Waals surface area contributed by atoms with Crippen molar-refractivity contribution < 1.29 is 19.8 Å². The number of hydrogen-bond acceptors (Lipinski definition) is 3. The highest BCUT2D eigenvalue weighted by molar-refractivity contribution is 6.08. The van der Waals surface area contributed by atoms with Gasteiger partial charge in [-0.3, -0.25) is 4.79 Å². The summed E-state index contributed by atoms with van der Waals surface area (Å²) < 4.78 is 0. The highest BCUT2D eigenvalue weighted by Crippen LogP contribution is 2.21. The highest BCUT2D eigenvalue weighted by Gasteiger charge is 2.17. The van der Waals surface area contributed by atoms with Crippen molar-refractivity contribution in [3.05, 3.63) is 47.3 Å². The maximum atomic E-state index is 11.9. The molecular formula is C13H12N2O4. The Hall–Kier alpha value is -2.76. The van der Waals surface area contributed by atoms with Crippen LogP contribution < -0.4 is 5.32 Å². The molecule has 6 heteroatoms. The third kappa shape index (κ3) is 2.57. The third-order valence-electron chi connectivity index (χ3n) is 2.56. The molecule has 19 heavy (non-hydrogen) atoms. The zero-order valence-electron chi connectivity index (χ0n) is 10.1. The van der Waals surface area contributed by atoms with Gasteiger partial charge in [0.15, 0.2) is 0 Å². The normalized spacial score (nSPS) is 10.2. The number of phenols is 1. The Labute approximate surface area is 108 Å². The molecule has 0 atom stereocenters. The van der Waals surface area contributed by atoms with Crippen molar-refractivity contribution in [2.45, 2.75) is 6.92 Å². The zero-order valence-corrected chi connectivity index (χ0v) is 10.1. The Morgan fingerprint density at radius 1 is 1.26 bits per heavy atom. The van der Waals surface area contributed by atoms with Gasteiger partial charge in [-0.15, -0.1) is 0 Å². The van der Waals surface area contributed by atoms with Gasteiger partial charge in [0.2, 0.25) is 0 Å². The van der Waals surface area contributed by atoms with Gasteiger partial charge in [0.05, 0.1) is 11.3 Å². The standard InChI is InChI=1S/C13H12N2O4/c1-7-6-9(11(14-7)13(18)19)15-12(17)8-4-2-3-5-10(8)16/h2-6,14,16H,1H3,(H,15,17)(H,18,19). The molecule has 0 radical (unpaired) electrons. The molecule has 0 fully saturated rings. The molecule has 0 saturated heterocycles. The molecule has 1 aromatic heterocycles. The number of nitrogens with one attached hydrogen (secondary N) is 2. The summed E-state index contributed by atoms with van der Waals surface area (Å²) in [6, 6.07) is 7.55. The van der Waals surface area contributed by atoms with Gasteiger partial charge in [0.1, 0.15) is 11.4 Å². The third-order valence-corrected chi connectivity index (χ3v) is 2.56. The fraction of sp³-hybridized carbons (Fsp3) is 0.0769. The first-order valence-corrected chi connectivity index (χ1v) is 5.51. The number of carbonyl (C=O) groups excluding carboxylic acids is 1. The first-order valence-electron chi connectivity index (χ1n) is 5.51. The number of H-pyrrole nitrogens is 1. The van der Waals surface area contributed by atoms with Gasteiger partial charge in [0, 0.05) is 5.69 Å². The van der Waals surface area contributed by atoms with Crippen LogP contribution in [0.5, 0.6) is 5.75 Å². The van der Waals surface area contributed by atoms with E-state index >= 15 is 0 Å². The minimum atomic E-state index is -1.17. The lowest BCUT2D eigenvalue weighted by atomic mass is 10.2. The van der Waals surface area contributed by atoms with E-state index in [1.807, 2.05) is 0 Å². The Balaban J connectivity index is 2.29. The number of benzene rings is 1. The number of carbonyl (C=O) groups is 2. The minimum Gasteiger partial charge on any atom is -0.507 e. The molecule has 1 amide bonds. The van der Waals surface area contributed by atoms with E-state index in [4.69, 9.17) is 5.11 Å². The average Bonchev–Trinajstić information content (AvgIpc) is 2.70. The predicted molar refractivity (Wildman–Crippen MR) is 68.5 cm³/mol. The van der Waals surface area contributed by atoms with Gasteiger partial charge in [-0.05, 0) is 25.1 Å². The Bertz CT molecular complexity index is 646. The number of aryl methyl sites for hydroxylation is 1. The van der Waals surface area contributed by atoms with Crippen LogP contribution in [0, 0.1) is 6.92 Å². The van der Waals surface area contributed by atoms with Crippen LogP contribution in [0.15, 0.2) is 30.3 Å². The van der Waals surface area contributed by atoms with Crippen LogP contribution in [-0.2, 0) is 0 Å². The maximum Gasteiger partial charge on any atom is 0.354 e. The van der Waals surface area contributed by atoms with Gasteiger partial charge in [-0.1, -0.05) is 12.1 Å². The van der Waals surface area contributed by atoms with Crippen LogP contribution in [0.3, 0.4) is 0 Å². The maximum absolute atomic E-state index is 11.9. The molecule has 0 bridgehead atoms. The second-order valence-electron chi connectivity index (χ2n) is 4.02. The summed E-state index contributed by atoms with van der Waals surface area (Å²) in [7, 11) is 0. The Morgan fingerprint density at radius 3 is 2.58 bits per heavy atom. The molecule has 1 heterocycles. The number of rotatable bonds is 3. The number of phenolic OH excluding ortho intramolecular Hbond substituents is 1.